The van der Waals surface area contributed by atoms with E-state index in [-0.39, 0.29) is 23.9 Å². The molecule has 2 heterocycles. The lowest BCUT2D eigenvalue weighted by Gasteiger charge is -2.40. The molecule has 2 aromatic carbocycles. The number of amides is 1. The monoisotopic (exact) mass is 466 g/mol. The number of hydrogen-bond acceptors (Lipinski definition) is 5. The fourth-order valence-corrected chi connectivity index (χ4v) is 4.33. The molecule has 1 aromatic heterocycles. The van der Waals surface area contributed by atoms with Gasteiger partial charge >= 0.3 is 0 Å². The minimum Gasteiger partial charge on any atom is -0.371 e. The first-order valence-electron chi connectivity index (χ1n) is 11.4. The summed E-state index contributed by atoms with van der Waals surface area (Å²) < 4.78 is 5.52. The van der Waals surface area contributed by atoms with E-state index in [2.05, 4.69) is 46.2 Å². The van der Waals surface area contributed by atoms with E-state index in [1.807, 2.05) is 37.8 Å². The van der Waals surface area contributed by atoms with Crippen LogP contribution in [0.5, 0.6) is 0 Å². The highest BCUT2D eigenvalue weighted by atomic mass is 35.5. The summed E-state index contributed by atoms with van der Waals surface area (Å²) in [5, 5.41) is 4.76. The maximum Gasteiger partial charge on any atom is 0.246 e. The van der Waals surface area contributed by atoms with E-state index in [0.717, 1.165) is 24.9 Å². The second kappa shape index (κ2) is 9.56. The van der Waals surface area contributed by atoms with Gasteiger partial charge in [0, 0.05) is 34.9 Å². The van der Waals surface area contributed by atoms with Crippen molar-refractivity contribution < 1.29 is 9.32 Å². The maximum absolute atomic E-state index is 13.7. The summed E-state index contributed by atoms with van der Waals surface area (Å²) in [7, 11) is 0. The summed E-state index contributed by atoms with van der Waals surface area (Å²) >= 11 is 5.98. The van der Waals surface area contributed by atoms with Gasteiger partial charge in [0.2, 0.25) is 17.6 Å². The van der Waals surface area contributed by atoms with Crippen molar-refractivity contribution in [1.29, 1.82) is 0 Å². The van der Waals surface area contributed by atoms with E-state index < -0.39 is 0 Å². The van der Waals surface area contributed by atoms with Crippen molar-refractivity contribution in [2.75, 3.05) is 18.0 Å². The van der Waals surface area contributed by atoms with Crippen LogP contribution < -0.4 is 4.90 Å². The lowest BCUT2D eigenvalue weighted by atomic mass is 9.93. The van der Waals surface area contributed by atoms with Crippen LogP contribution in [0.15, 0.2) is 53.1 Å². The molecule has 1 aliphatic heterocycles. The predicted molar refractivity (Wildman–Crippen MR) is 131 cm³/mol. The van der Waals surface area contributed by atoms with Crippen LogP contribution in [-0.2, 0) is 11.3 Å². The van der Waals surface area contributed by atoms with Gasteiger partial charge in [0.25, 0.3) is 0 Å². The summed E-state index contributed by atoms with van der Waals surface area (Å²) in [5.41, 5.74) is 2.85. The van der Waals surface area contributed by atoms with Crippen molar-refractivity contribution in [1.82, 2.24) is 15.0 Å². The SMILES string of the molecule is Cc1ccc(N2CCC[C@@H](C(=O)N(Cc3nc(-c4ccc(Cl)cc4)no3)C(C)(C)C)C2)cc1. The minimum atomic E-state index is -0.377. The molecule has 0 N–H and O–H groups in total. The quantitative estimate of drug-likeness (QED) is 0.479. The minimum absolute atomic E-state index is 0.0714. The zero-order valence-corrected chi connectivity index (χ0v) is 20.5. The van der Waals surface area contributed by atoms with Crippen molar-refractivity contribution in [2.45, 2.75) is 52.6 Å². The smallest absolute Gasteiger partial charge is 0.246 e. The highest BCUT2D eigenvalue weighted by Gasteiger charge is 2.35. The summed E-state index contributed by atoms with van der Waals surface area (Å²) in [5.74, 6) is 0.976. The van der Waals surface area contributed by atoms with Crippen LogP contribution in [0, 0.1) is 12.8 Å². The average Bonchev–Trinajstić information content (AvgIpc) is 3.26. The Morgan fingerprint density at radius 1 is 1.15 bits per heavy atom. The van der Waals surface area contributed by atoms with Crippen molar-refractivity contribution in [3.05, 3.63) is 65.0 Å². The number of halogens is 1. The molecule has 7 heteroatoms. The Morgan fingerprint density at radius 3 is 2.52 bits per heavy atom. The summed E-state index contributed by atoms with van der Waals surface area (Å²) in [4.78, 5) is 22.4. The molecule has 0 spiro atoms. The zero-order valence-electron chi connectivity index (χ0n) is 19.7. The molecule has 0 aliphatic carbocycles. The second-order valence-electron chi connectivity index (χ2n) is 9.73. The van der Waals surface area contributed by atoms with Crippen molar-refractivity contribution in [3.8, 4) is 11.4 Å². The van der Waals surface area contributed by atoms with E-state index in [4.69, 9.17) is 16.1 Å². The van der Waals surface area contributed by atoms with Crippen LogP contribution in [0.2, 0.25) is 5.02 Å². The van der Waals surface area contributed by atoms with Gasteiger partial charge in [0.1, 0.15) is 6.54 Å². The third-order valence-corrected chi connectivity index (χ3v) is 6.36. The Hall–Kier alpha value is -2.86. The van der Waals surface area contributed by atoms with Gasteiger partial charge < -0.3 is 14.3 Å². The van der Waals surface area contributed by atoms with Crippen LogP contribution in [0.4, 0.5) is 5.69 Å². The number of carbonyl (C=O) groups is 1. The van der Waals surface area contributed by atoms with Gasteiger partial charge in [-0.1, -0.05) is 34.5 Å². The first kappa shape index (κ1) is 23.3. The number of piperidine rings is 1. The Labute approximate surface area is 200 Å². The van der Waals surface area contributed by atoms with Gasteiger partial charge in [-0.25, -0.2) is 0 Å². The highest BCUT2D eigenvalue weighted by molar-refractivity contribution is 6.30. The number of aromatic nitrogens is 2. The van der Waals surface area contributed by atoms with Gasteiger partial charge in [-0.15, -0.1) is 0 Å². The average molecular weight is 467 g/mol. The van der Waals surface area contributed by atoms with E-state index >= 15 is 0 Å². The number of hydrogen-bond donors (Lipinski definition) is 0. The van der Waals surface area contributed by atoms with Crippen molar-refractivity contribution >= 4 is 23.2 Å². The molecule has 1 fully saturated rings. The van der Waals surface area contributed by atoms with E-state index in [9.17, 15) is 4.79 Å². The van der Waals surface area contributed by atoms with Crippen LogP contribution >= 0.6 is 11.6 Å². The molecule has 0 saturated carbocycles. The number of carbonyl (C=O) groups excluding carboxylic acids is 1. The van der Waals surface area contributed by atoms with E-state index in [0.29, 0.717) is 23.3 Å². The molecular formula is C26H31ClN4O2. The van der Waals surface area contributed by atoms with Crippen LogP contribution in [-0.4, -0.2) is 39.6 Å². The Bertz CT molecular complexity index is 1090. The largest absolute Gasteiger partial charge is 0.371 e. The third-order valence-electron chi connectivity index (χ3n) is 6.11. The zero-order chi connectivity index (χ0) is 23.6. The molecule has 1 amide bonds. The molecule has 0 unspecified atom stereocenters. The van der Waals surface area contributed by atoms with Gasteiger partial charge in [-0.3, -0.25) is 4.79 Å². The highest BCUT2D eigenvalue weighted by Crippen LogP contribution is 2.28. The van der Waals surface area contributed by atoms with E-state index in [1.54, 1.807) is 12.1 Å². The summed E-state index contributed by atoms with van der Waals surface area (Å²) in [6, 6.07) is 15.8. The molecule has 0 radical (unpaired) electrons. The molecule has 174 valence electrons. The Morgan fingerprint density at radius 2 is 1.85 bits per heavy atom. The lowest BCUT2D eigenvalue weighted by molar-refractivity contribution is -0.142. The van der Waals surface area contributed by atoms with Gasteiger partial charge in [-0.2, -0.15) is 4.98 Å². The molecule has 6 nitrogen and oxygen atoms in total. The molecule has 33 heavy (non-hydrogen) atoms. The van der Waals surface area contributed by atoms with Gasteiger partial charge in [0.15, 0.2) is 0 Å². The molecule has 1 atom stereocenters. The third kappa shape index (κ3) is 5.56. The number of anilines is 1. The normalized spacial score (nSPS) is 16.6. The summed E-state index contributed by atoms with van der Waals surface area (Å²) in [6.07, 6.45) is 1.87. The lowest BCUT2D eigenvalue weighted by Crippen LogP contribution is -2.51. The van der Waals surface area contributed by atoms with Crippen LogP contribution in [0.1, 0.15) is 45.1 Å². The molecule has 1 saturated heterocycles. The second-order valence-corrected chi connectivity index (χ2v) is 10.2. The molecule has 3 aromatic rings. The molecule has 4 rings (SSSR count). The molecular weight excluding hydrogens is 436 g/mol. The topological polar surface area (TPSA) is 62.5 Å². The number of aryl methyl sites for hydroxylation is 1. The van der Waals surface area contributed by atoms with Gasteiger partial charge in [-0.05, 0) is 76.9 Å². The number of nitrogens with zero attached hydrogens (tertiary/aromatic N) is 4. The molecule has 0 bridgehead atoms. The van der Waals surface area contributed by atoms with Crippen molar-refractivity contribution in [3.63, 3.8) is 0 Å². The van der Waals surface area contributed by atoms with Crippen LogP contribution in [0.25, 0.3) is 11.4 Å². The summed E-state index contributed by atoms with van der Waals surface area (Å²) in [6.45, 7) is 10.2. The predicted octanol–water partition coefficient (Wildman–Crippen LogP) is 5.74. The Balaban J connectivity index is 1.50. The molecule has 1 aliphatic rings. The van der Waals surface area contributed by atoms with Crippen molar-refractivity contribution in [2.24, 2.45) is 5.92 Å². The standard InChI is InChI=1S/C26H31ClN4O2/c1-18-7-13-22(14-8-18)30-15-5-6-20(16-30)25(32)31(26(2,3)4)17-23-28-24(29-33-23)19-9-11-21(27)12-10-19/h7-14,20H,5-6,15-17H2,1-4H3/t20-/m1/s1. The number of benzene rings is 2. The Kier molecular flexibility index (Phi) is 6.75. The van der Waals surface area contributed by atoms with Gasteiger partial charge in [0.05, 0.1) is 5.92 Å². The maximum atomic E-state index is 13.7. The van der Waals surface area contributed by atoms with Crippen LogP contribution in [0.3, 0.4) is 0 Å². The fourth-order valence-electron chi connectivity index (χ4n) is 4.21. The first-order valence-corrected chi connectivity index (χ1v) is 11.8. The fraction of sp³-hybridized carbons (Fsp3) is 0.423. The first-order chi connectivity index (χ1) is 15.7. The van der Waals surface area contributed by atoms with E-state index in [1.165, 1.54) is 11.3 Å². The number of rotatable bonds is 5.